The van der Waals surface area contributed by atoms with Gasteiger partial charge in [0.1, 0.15) is 28.7 Å². The Morgan fingerprint density at radius 3 is 1.11 bits per heavy atom. The highest BCUT2D eigenvalue weighted by Gasteiger charge is 2.53. The second-order valence-corrected chi connectivity index (χ2v) is 60.0. The molecule has 3 atom stereocenters. The lowest BCUT2D eigenvalue weighted by Crippen LogP contribution is -2.63. The zero-order valence-corrected chi connectivity index (χ0v) is 68.6. The molecular formula is C74H104O14Si8. The Morgan fingerprint density at radius 1 is 0.365 bits per heavy atom. The molecule has 3 unspecified atom stereocenters. The molecular weight excluding hydrogens is 1340 g/mol. The molecule has 0 N–H and O–H groups in total. The first kappa shape index (κ1) is 76.1. The highest BCUT2D eigenvalue weighted by molar-refractivity contribution is 6.93. The summed E-state index contributed by atoms with van der Waals surface area (Å²) in [5.41, 5.74) is 10.5. The first-order chi connectivity index (χ1) is 45.0. The predicted molar refractivity (Wildman–Crippen MR) is 405 cm³/mol. The van der Waals surface area contributed by atoms with Crippen molar-refractivity contribution in [2.24, 2.45) is 0 Å². The SMILES string of the molecule is COc1cc(C2(c3ccc(C)c(OC(=O)Oc4ccccc4CCC[Si](C)(O[Si](C)(C)C)O[Si](C)(C)O[Si](C)(CCCc4ccccc4OC)O[Si](C)(C)O[Si](C)(CCCc4ccccc4OC(C)=O)O[Si](C)(C)O[Si](C)(C)C)c3)c3ccccc3-c3ccccc32)ccc1C. The summed E-state index contributed by atoms with van der Waals surface area (Å²) in [4.78, 5) is 26.4. The van der Waals surface area contributed by atoms with Crippen LogP contribution >= 0.6 is 0 Å². The average molecular weight is 1440 g/mol. The molecule has 0 saturated heterocycles. The fourth-order valence-corrected chi connectivity index (χ4v) is 54.2. The van der Waals surface area contributed by atoms with E-state index in [2.05, 4.69) is 177 Å². The zero-order valence-electron chi connectivity index (χ0n) is 60.6. The number of esters is 1. The van der Waals surface area contributed by atoms with Gasteiger partial charge in [0.05, 0.1) is 19.6 Å². The Balaban J connectivity index is 1.01. The monoisotopic (exact) mass is 1440 g/mol. The Hall–Kier alpha value is -5.66. The minimum Gasteiger partial charge on any atom is -0.496 e. The van der Waals surface area contributed by atoms with E-state index in [-0.39, 0.29) is 5.97 Å². The number of benzene rings is 7. The number of fused-ring (bicyclic) bond motifs is 3. The van der Waals surface area contributed by atoms with Crippen LogP contribution in [-0.2, 0) is 58.3 Å². The van der Waals surface area contributed by atoms with E-state index in [0.717, 1.165) is 92.0 Å². The van der Waals surface area contributed by atoms with Crippen molar-refractivity contribution >= 4 is 80.1 Å². The topological polar surface area (TPSA) is 145 Å². The molecule has 0 bridgehead atoms. The van der Waals surface area contributed by atoms with Crippen LogP contribution in [0.25, 0.3) is 11.1 Å². The molecule has 8 rings (SSSR count). The highest BCUT2D eigenvalue weighted by atomic mass is 28.5. The van der Waals surface area contributed by atoms with Crippen molar-refractivity contribution in [3.05, 3.63) is 208 Å². The van der Waals surface area contributed by atoms with Gasteiger partial charge in [-0.3, -0.25) is 4.79 Å². The van der Waals surface area contributed by atoms with Gasteiger partial charge in [-0.2, -0.15) is 0 Å². The number of aryl methyl sites for hydroxylation is 5. The van der Waals surface area contributed by atoms with E-state index in [9.17, 15) is 9.59 Å². The van der Waals surface area contributed by atoms with E-state index in [1.807, 2.05) is 92.7 Å². The molecule has 0 fully saturated rings. The van der Waals surface area contributed by atoms with Crippen molar-refractivity contribution < 1.29 is 62.1 Å². The third-order valence-corrected chi connectivity index (χ3v) is 47.7. The van der Waals surface area contributed by atoms with Gasteiger partial charge >= 0.3 is 63.5 Å². The summed E-state index contributed by atoms with van der Waals surface area (Å²) in [6, 6.07) is 55.2. The summed E-state index contributed by atoms with van der Waals surface area (Å²) in [6.45, 7) is 37.9. The minimum absolute atomic E-state index is 0.354. The number of carbonyl (C=O) groups excluding carboxylic acids is 2. The van der Waals surface area contributed by atoms with Crippen LogP contribution in [0.5, 0.6) is 28.7 Å². The van der Waals surface area contributed by atoms with E-state index in [4.69, 9.17) is 52.5 Å². The van der Waals surface area contributed by atoms with Gasteiger partial charge in [-0.15, -0.1) is 0 Å². The summed E-state index contributed by atoms with van der Waals surface area (Å²) in [6.07, 6.45) is 3.41. The van der Waals surface area contributed by atoms with Crippen LogP contribution in [0.1, 0.15) is 76.3 Å². The fourth-order valence-electron chi connectivity index (χ4n) is 14.1. The lowest BCUT2D eigenvalue weighted by Gasteiger charge is -2.46. The quantitative estimate of drug-likeness (QED) is 0.0166. The number of methoxy groups -OCH3 is 2. The van der Waals surface area contributed by atoms with Crippen molar-refractivity contribution in [1.82, 2.24) is 0 Å². The second-order valence-electron chi connectivity index (χ2n) is 29.2. The van der Waals surface area contributed by atoms with E-state index in [0.29, 0.717) is 54.6 Å². The third kappa shape index (κ3) is 20.3. The van der Waals surface area contributed by atoms with E-state index in [1.54, 1.807) is 14.2 Å². The number of hydrogen-bond acceptors (Lipinski definition) is 14. The molecule has 22 heteroatoms. The smallest absolute Gasteiger partial charge is 0.496 e. The van der Waals surface area contributed by atoms with E-state index < -0.39 is 79.6 Å². The number of para-hydroxylation sites is 3. The van der Waals surface area contributed by atoms with Gasteiger partial charge < -0.3 is 52.5 Å². The van der Waals surface area contributed by atoms with Crippen LogP contribution < -0.4 is 23.7 Å². The summed E-state index contributed by atoms with van der Waals surface area (Å²) < 4.78 is 81.4. The molecule has 14 nitrogen and oxygen atoms in total. The van der Waals surface area contributed by atoms with Crippen LogP contribution in [0, 0.1) is 13.8 Å². The molecule has 0 radical (unpaired) electrons. The Bertz CT molecular complexity index is 3790. The molecule has 0 aliphatic heterocycles. The number of hydrogen-bond donors (Lipinski definition) is 0. The van der Waals surface area contributed by atoms with E-state index >= 15 is 0 Å². The standard InChI is InChI=1S/C74H104O14Si8/c1-56-47-49-62(54-71(56)78-5)74(66-42-26-24-40-64(66)65-41-25-27-43-67(65)74)63-50-48-57(2)72(55-63)81-73(76)80-70-46-30-23-36-61(70)39-32-51-94(18,83-90(9,10)11)85-92(14,15)86-96(20,52-31-37-59-34-21-28-44-68(59)77-4)88-93(16,17)87-95(19,84-91(12,13)82-89(6,7)8)53-33-38-60-35-22-29-45-69(60)79-58(3)75/h21-30,34-36,40-50,54-55H,31-33,37-39,51-53H2,1-20H3. The van der Waals surface area contributed by atoms with Crippen LogP contribution in [0.15, 0.2) is 158 Å². The van der Waals surface area contributed by atoms with Gasteiger partial charge in [0, 0.05) is 6.92 Å². The van der Waals surface area contributed by atoms with Crippen LogP contribution in [0.3, 0.4) is 0 Å². The molecule has 7 aromatic carbocycles. The first-order valence-corrected chi connectivity index (χ1v) is 56.5. The fraction of sp³-hybridized carbons (Fsp3) is 0.405. The van der Waals surface area contributed by atoms with Crippen molar-refractivity contribution in [1.29, 1.82) is 0 Å². The minimum atomic E-state index is -3.22. The lowest BCUT2D eigenvalue weighted by molar-refractivity contribution is -0.131. The Kier molecular flexibility index (Phi) is 24.8. The van der Waals surface area contributed by atoms with Crippen molar-refractivity contribution in [3.8, 4) is 39.9 Å². The Labute approximate surface area is 581 Å². The molecule has 0 aromatic heterocycles. The van der Waals surface area contributed by atoms with Crippen LogP contribution in [0.2, 0.25) is 116 Å². The molecule has 0 spiro atoms. The average Bonchev–Trinajstić information content (AvgIpc) is 1.53. The predicted octanol–water partition coefficient (Wildman–Crippen LogP) is 19.5. The summed E-state index contributed by atoms with van der Waals surface area (Å²) in [5, 5.41) is 0. The van der Waals surface area contributed by atoms with Gasteiger partial charge in [0.2, 0.25) is 0 Å². The van der Waals surface area contributed by atoms with Crippen molar-refractivity contribution in [2.45, 2.75) is 181 Å². The maximum absolute atomic E-state index is 14.3. The molecule has 0 heterocycles. The zero-order chi connectivity index (χ0) is 70.1. The number of rotatable bonds is 33. The molecule has 516 valence electrons. The summed E-state index contributed by atoms with van der Waals surface area (Å²) in [7, 11) is -19.1. The molecule has 0 saturated carbocycles. The largest absolute Gasteiger partial charge is 0.519 e. The lowest BCUT2D eigenvalue weighted by atomic mass is 9.67. The summed E-state index contributed by atoms with van der Waals surface area (Å²) in [5.74, 6) is 2.69. The van der Waals surface area contributed by atoms with Gasteiger partial charge in [-0.1, -0.05) is 127 Å². The van der Waals surface area contributed by atoms with Crippen molar-refractivity contribution in [3.63, 3.8) is 0 Å². The number of ether oxygens (including phenoxy) is 5. The van der Waals surface area contributed by atoms with Gasteiger partial charge in [-0.05, 0) is 260 Å². The molecule has 96 heavy (non-hydrogen) atoms. The van der Waals surface area contributed by atoms with E-state index in [1.165, 1.54) is 6.92 Å². The maximum Gasteiger partial charge on any atom is 0.519 e. The molecule has 1 aliphatic carbocycles. The van der Waals surface area contributed by atoms with Crippen LogP contribution in [0.4, 0.5) is 4.79 Å². The molecule has 1 aliphatic rings. The Morgan fingerprint density at radius 2 is 0.698 bits per heavy atom. The van der Waals surface area contributed by atoms with Crippen molar-refractivity contribution in [2.75, 3.05) is 14.2 Å². The molecule has 0 amide bonds. The van der Waals surface area contributed by atoms with Gasteiger partial charge in [-0.25, -0.2) is 4.79 Å². The maximum atomic E-state index is 14.3. The molecule has 7 aromatic rings. The second kappa shape index (κ2) is 31.3. The third-order valence-electron chi connectivity index (χ3n) is 16.8. The highest BCUT2D eigenvalue weighted by Crippen LogP contribution is 2.57. The number of carbonyl (C=O) groups is 2. The van der Waals surface area contributed by atoms with Gasteiger partial charge in [0.15, 0.2) is 16.6 Å². The van der Waals surface area contributed by atoms with Crippen LogP contribution in [-0.4, -0.2) is 94.3 Å². The normalized spacial score (nSPS) is 15.1. The summed E-state index contributed by atoms with van der Waals surface area (Å²) >= 11 is 0. The first-order valence-electron chi connectivity index (χ1n) is 33.7. The van der Waals surface area contributed by atoms with Gasteiger partial charge in [0.25, 0.3) is 0 Å².